The Hall–Kier alpha value is -1.88. The zero-order valence-electron chi connectivity index (χ0n) is 13.5. The Kier molecular flexibility index (Phi) is 6.40. The summed E-state index contributed by atoms with van der Waals surface area (Å²) in [6, 6.07) is 10.6. The van der Waals surface area contributed by atoms with Crippen LogP contribution in [-0.2, 0) is 12.8 Å². The first kappa shape index (κ1) is 16.5. The molecule has 0 saturated heterocycles. The van der Waals surface area contributed by atoms with Gasteiger partial charge in [0.2, 0.25) is 0 Å². The topological polar surface area (TPSA) is 49.3 Å². The molecule has 0 bridgehead atoms. The lowest BCUT2D eigenvalue weighted by molar-refractivity contribution is 0.684. The fourth-order valence-corrected chi connectivity index (χ4v) is 3.00. The molecular formula is C17H24N4S. The number of guanidine groups is 1. The van der Waals surface area contributed by atoms with Crippen molar-refractivity contribution in [2.75, 3.05) is 13.6 Å². The number of aromatic nitrogens is 1. The molecule has 0 spiro atoms. The van der Waals surface area contributed by atoms with E-state index < -0.39 is 0 Å². The van der Waals surface area contributed by atoms with Gasteiger partial charge in [0.15, 0.2) is 5.96 Å². The molecule has 1 heterocycles. The van der Waals surface area contributed by atoms with Crippen molar-refractivity contribution in [3.8, 4) is 0 Å². The number of aryl methyl sites for hydroxylation is 1. The van der Waals surface area contributed by atoms with E-state index in [1.807, 2.05) is 12.3 Å². The largest absolute Gasteiger partial charge is 0.356 e. The monoisotopic (exact) mass is 316 g/mol. The van der Waals surface area contributed by atoms with E-state index in [-0.39, 0.29) is 6.04 Å². The SMILES string of the molecule is CCc1cnc(CCNC(=NC)NC(C)c2ccccc2)s1. The van der Waals surface area contributed by atoms with Crippen LogP contribution in [0.4, 0.5) is 0 Å². The number of hydrogen-bond donors (Lipinski definition) is 2. The molecule has 118 valence electrons. The Balaban J connectivity index is 1.80. The summed E-state index contributed by atoms with van der Waals surface area (Å²) >= 11 is 1.79. The summed E-state index contributed by atoms with van der Waals surface area (Å²) in [5.74, 6) is 0.823. The number of rotatable bonds is 6. The lowest BCUT2D eigenvalue weighted by Gasteiger charge is -2.18. The highest BCUT2D eigenvalue weighted by atomic mass is 32.1. The standard InChI is InChI=1S/C17H24N4S/c1-4-15-12-20-16(22-15)10-11-19-17(18-3)21-13(2)14-8-6-5-7-9-14/h5-9,12-13H,4,10-11H2,1-3H3,(H2,18,19,21). The first-order valence-electron chi connectivity index (χ1n) is 7.68. The van der Waals surface area contributed by atoms with Gasteiger partial charge >= 0.3 is 0 Å². The predicted octanol–water partition coefficient (Wildman–Crippen LogP) is 3.17. The Morgan fingerprint density at radius 1 is 1.32 bits per heavy atom. The van der Waals surface area contributed by atoms with Crippen LogP contribution in [0.5, 0.6) is 0 Å². The third-order valence-electron chi connectivity index (χ3n) is 3.46. The summed E-state index contributed by atoms with van der Waals surface area (Å²) in [7, 11) is 1.80. The second-order valence-corrected chi connectivity index (χ2v) is 6.30. The van der Waals surface area contributed by atoms with Crippen molar-refractivity contribution in [3.63, 3.8) is 0 Å². The average Bonchev–Trinajstić information content (AvgIpc) is 3.02. The van der Waals surface area contributed by atoms with E-state index in [1.54, 1.807) is 18.4 Å². The first-order chi connectivity index (χ1) is 10.7. The fourth-order valence-electron chi connectivity index (χ4n) is 2.14. The van der Waals surface area contributed by atoms with Gasteiger partial charge in [0.1, 0.15) is 0 Å². The minimum atomic E-state index is 0.221. The van der Waals surface area contributed by atoms with Crippen molar-refractivity contribution < 1.29 is 0 Å². The number of aliphatic imine (C=N–C) groups is 1. The van der Waals surface area contributed by atoms with Crippen LogP contribution in [0.25, 0.3) is 0 Å². The molecule has 2 rings (SSSR count). The molecule has 0 aliphatic rings. The van der Waals surface area contributed by atoms with Gasteiger partial charge in [-0.15, -0.1) is 11.3 Å². The summed E-state index contributed by atoms with van der Waals surface area (Å²) in [5, 5.41) is 7.94. The van der Waals surface area contributed by atoms with Gasteiger partial charge in [-0.25, -0.2) is 4.98 Å². The van der Waals surface area contributed by atoms with E-state index in [1.165, 1.54) is 15.4 Å². The van der Waals surface area contributed by atoms with Crippen molar-refractivity contribution in [3.05, 3.63) is 52.0 Å². The summed E-state index contributed by atoms with van der Waals surface area (Å²) in [5.41, 5.74) is 1.25. The Labute approximate surface area is 136 Å². The van der Waals surface area contributed by atoms with Crippen molar-refractivity contribution >= 4 is 17.3 Å². The molecule has 0 radical (unpaired) electrons. The molecule has 0 amide bonds. The maximum Gasteiger partial charge on any atom is 0.191 e. The minimum absolute atomic E-state index is 0.221. The van der Waals surface area contributed by atoms with Crippen LogP contribution in [0.15, 0.2) is 41.5 Å². The highest BCUT2D eigenvalue weighted by molar-refractivity contribution is 7.11. The van der Waals surface area contributed by atoms with Gasteiger partial charge in [0.05, 0.1) is 11.0 Å². The molecule has 1 aromatic heterocycles. The van der Waals surface area contributed by atoms with Crippen LogP contribution in [0.1, 0.15) is 35.3 Å². The molecule has 2 N–H and O–H groups in total. The minimum Gasteiger partial charge on any atom is -0.356 e. The number of nitrogens with zero attached hydrogens (tertiary/aromatic N) is 2. The first-order valence-corrected chi connectivity index (χ1v) is 8.50. The second kappa shape index (κ2) is 8.54. The van der Waals surface area contributed by atoms with E-state index >= 15 is 0 Å². The molecule has 4 nitrogen and oxygen atoms in total. The molecule has 2 aromatic rings. The highest BCUT2D eigenvalue weighted by Gasteiger charge is 2.07. The van der Waals surface area contributed by atoms with E-state index in [0.29, 0.717) is 0 Å². The van der Waals surface area contributed by atoms with Crippen molar-refractivity contribution in [2.45, 2.75) is 32.7 Å². The lowest BCUT2D eigenvalue weighted by atomic mass is 10.1. The van der Waals surface area contributed by atoms with E-state index in [9.17, 15) is 0 Å². The molecule has 0 aliphatic heterocycles. The molecule has 22 heavy (non-hydrogen) atoms. The molecular weight excluding hydrogens is 292 g/mol. The summed E-state index contributed by atoms with van der Waals surface area (Å²) in [6.07, 6.45) is 3.96. The zero-order chi connectivity index (χ0) is 15.8. The molecule has 1 aromatic carbocycles. The predicted molar refractivity (Wildman–Crippen MR) is 94.6 cm³/mol. The molecule has 0 fully saturated rings. The Bertz CT molecular complexity index is 592. The molecule has 1 atom stereocenters. The average molecular weight is 316 g/mol. The van der Waals surface area contributed by atoms with Crippen LogP contribution >= 0.6 is 11.3 Å². The third-order valence-corrected chi connectivity index (χ3v) is 4.66. The summed E-state index contributed by atoms with van der Waals surface area (Å²) < 4.78 is 0. The maximum atomic E-state index is 4.44. The van der Waals surface area contributed by atoms with E-state index in [2.05, 4.69) is 58.7 Å². The highest BCUT2D eigenvalue weighted by Crippen LogP contribution is 2.13. The number of nitrogens with one attached hydrogen (secondary N) is 2. The summed E-state index contributed by atoms with van der Waals surface area (Å²) in [6.45, 7) is 5.13. The normalized spacial score (nSPS) is 13.0. The number of benzene rings is 1. The second-order valence-electron chi connectivity index (χ2n) is 5.10. The Morgan fingerprint density at radius 2 is 2.09 bits per heavy atom. The third kappa shape index (κ3) is 4.84. The molecule has 5 heteroatoms. The van der Waals surface area contributed by atoms with Crippen LogP contribution in [0.3, 0.4) is 0 Å². The lowest BCUT2D eigenvalue weighted by Crippen LogP contribution is -2.39. The molecule has 1 unspecified atom stereocenters. The van der Waals surface area contributed by atoms with Gasteiger partial charge < -0.3 is 10.6 Å². The van der Waals surface area contributed by atoms with Gasteiger partial charge in [-0.1, -0.05) is 37.3 Å². The van der Waals surface area contributed by atoms with Gasteiger partial charge in [-0.3, -0.25) is 4.99 Å². The van der Waals surface area contributed by atoms with E-state index in [0.717, 1.165) is 25.3 Å². The smallest absolute Gasteiger partial charge is 0.191 e. The van der Waals surface area contributed by atoms with E-state index in [4.69, 9.17) is 0 Å². The maximum absolute atomic E-state index is 4.44. The van der Waals surface area contributed by atoms with Crippen molar-refractivity contribution in [2.24, 2.45) is 4.99 Å². The van der Waals surface area contributed by atoms with Crippen molar-refractivity contribution in [1.29, 1.82) is 0 Å². The van der Waals surface area contributed by atoms with Crippen LogP contribution < -0.4 is 10.6 Å². The van der Waals surface area contributed by atoms with Gasteiger partial charge in [0.25, 0.3) is 0 Å². The van der Waals surface area contributed by atoms with Crippen LogP contribution in [-0.4, -0.2) is 24.5 Å². The quantitative estimate of drug-likeness (QED) is 0.636. The summed E-state index contributed by atoms with van der Waals surface area (Å²) in [4.78, 5) is 10.1. The molecule has 0 saturated carbocycles. The van der Waals surface area contributed by atoms with Gasteiger partial charge in [0, 0.05) is 31.1 Å². The van der Waals surface area contributed by atoms with Crippen LogP contribution in [0, 0.1) is 0 Å². The Morgan fingerprint density at radius 3 is 2.73 bits per heavy atom. The fraction of sp³-hybridized carbons (Fsp3) is 0.412. The zero-order valence-corrected chi connectivity index (χ0v) is 14.3. The van der Waals surface area contributed by atoms with Gasteiger partial charge in [-0.2, -0.15) is 0 Å². The van der Waals surface area contributed by atoms with Crippen LogP contribution in [0.2, 0.25) is 0 Å². The van der Waals surface area contributed by atoms with Gasteiger partial charge in [-0.05, 0) is 18.9 Å². The molecule has 0 aliphatic carbocycles. The van der Waals surface area contributed by atoms with Crippen molar-refractivity contribution in [1.82, 2.24) is 15.6 Å². The number of thiazole rings is 1. The number of hydrogen-bond acceptors (Lipinski definition) is 3.